The smallest absolute Gasteiger partial charge is 0.117 e. The van der Waals surface area contributed by atoms with Crippen molar-refractivity contribution in [1.82, 2.24) is 0 Å². The van der Waals surface area contributed by atoms with Gasteiger partial charge in [0.05, 0.1) is 12.7 Å². The third kappa shape index (κ3) is 1.23. The molecule has 0 spiro atoms. The molecule has 1 saturated heterocycles. The maximum Gasteiger partial charge on any atom is 0.117 e. The zero-order valence-electron chi connectivity index (χ0n) is 8.16. The van der Waals surface area contributed by atoms with Crippen molar-refractivity contribution in [1.29, 1.82) is 0 Å². The summed E-state index contributed by atoms with van der Waals surface area (Å²) in [5.41, 5.74) is -0.270. The van der Waals surface area contributed by atoms with E-state index in [2.05, 4.69) is 0 Å². The quantitative estimate of drug-likeness (QED) is 0.588. The van der Waals surface area contributed by atoms with E-state index in [4.69, 9.17) is 22.1 Å². The second kappa shape index (κ2) is 3.26. The van der Waals surface area contributed by atoms with E-state index < -0.39 is 0 Å². The van der Waals surface area contributed by atoms with Gasteiger partial charge in [0.1, 0.15) is 13.4 Å². The van der Waals surface area contributed by atoms with Gasteiger partial charge in [-0.2, -0.15) is 0 Å². The standard InChI is InChI=1S/C9H15BO3/c1-11-5-9-4-3-6(7(9)12-2)8(10)13-9/h6-8H,3-5H2,1-2H3/t6-,7?,8+,9-/m0/s1. The van der Waals surface area contributed by atoms with Gasteiger partial charge < -0.3 is 14.2 Å². The summed E-state index contributed by atoms with van der Waals surface area (Å²) in [6.07, 6.45) is 2.20. The van der Waals surface area contributed by atoms with E-state index in [0.717, 1.165) is 12.8 Å². The molecule has 1 aliphatic heterocycles. The molecule has 0 aromatic rings. The highest BCUT2D eigenvalue weighted by atomic mass is 16.6. The highest BCUT2D eigenvalue weighted by Crippen LogP contribution is 2.48. The fraction of sp³-hybridized carbons (Fsp3) is 1.00. The first-order valence-electron chi connectivity index (χ1n) is 4.68. The van der Waals surface area contributed by atoms with Gasteiger partial charge in [0.25, 0.3) is 0 Å². The molecule has 4 heteroatoms. The number of rotatable bonds is 3. The predicted octanol–water partition coefficient (Wildman–Crippen LogP) is 0.321. The van der Waals surface area contributed by atoms with E-state index in [-0.39, 0.29) is 17.7 Å². The summed E-state index contributed by atoms with van der Waals surface area (Å²) >= 11 is 0. The van der Waals surface area contributed by atoms with Crippen LogP contribution in [0.1, 0.15) is 12.8 Å². The van der Waals surface area contributed by atoms with Crippen LogP contribution in [-0.4, -0.2) is 46.4 Å². The number of methoxy groups -OCH3 is 2. The van der Waals surface area contributed by atoms with Crippen molar-refractivity contribution in [3.8, 4) is 0 Å². The highest BCUT2D eigenvalue weighted by Gasteiger charge is 2.58. The summed E-state index contributed by atoms with van der Waals surface area (Å²) in [5.74, 6) is 0.347. The Morgan fingerprint density at radius 2 is 2.31 bits per heavy atom. The molecule has 2 rings (SSSR count). The van der Waals surface area contributed by atoms with E-state index in [1.54, 1.807) is 14.2 Å². The summed E-state index contributed by atoms with van der Waals surface area (Å²) in [5, 5.41) is 0. The molecule has 1 saturated carbocycles. The molecule has 2 fully saturated rings. The molecule has 3 nitrogen and oxygen atoms in total. The monoisotopic (exact) mass is 182 g/mol. The van der Waals surface area contributed by atoms with Crippen molar-refractivity contribution in [2.45, 2.75) is 30.5 Å². The van der Waals surface area contributed by atoms with Gasteiger partial charge in [-0.25, -0.2) is 0 Å². The predicted molar refractivity (Wildman–Crippen MR) is 48.8 cm³/mol. The maximum absolute atomic E-state index is 5.84. The minimum Gasteiger partial charge on any atom is -0.382 e. The van der Waals surface area contributed by atoms with Gasteiger partial charge in [-0.1, -0.05) is 0 Å². The summed E-state index contributed by atoms with van der Waals surface area (Å²) in [7, 11) is 9.24. The molecule has 4 atom stereocenters. The molecule has 2 aliphatic rings. The Morgan fingerprint density at radius 1 is 1.54 bits per heavy atom. The van der Waals surface area contributed by atoms with Crippen LogP contribution in [0.2, 0.25) is 0 Å². The van der Waals surface area contributed by atoms with Gasteiger partial charge in [0.15, 0.2) is 0 Å². The summed E-state index contributed by atoms with van der Waals surface area (Å²) in [4.78, 5) is 0. The molecule has 0 aromatic heterocycles. The molecule has 2 radical (unpaired) electrons. The second-order valence-electron chi connectivity index (χ2n) is 3.94. The van der Waals surface area contributed by atoms with Gasteiger partial charge in [0, 0.05) is 26.1 Å². The van der Waals surface area contributed by atoms with Crippen LogP contribution in [0, 0.1) is 5.92 Å². The van der Waals surface area contributed by atoms with Crippen LogP contribution in [0.4, 0.5) is 0 Å². The summed E-state index contributed by atoms with van der Waals surface area (Å²) in [6, 6.07) is -0.172. The zero-order chi connectivity index (χ0) is 9.47. The minimum absolute atomic E-state index is 0.113. The van der Waals surface area contributed by atoms with Crippen molar-refractivity contribution < 1.29 is 14.2 Å². The van der Waals surface area contributed by atoms with Crippen molar-refractivity contribution >= 4 is 7.85 Å². The molecule has 2 bridgehead atoms. The first-order chi connectivity index (χ1) is 6.23. The third-order valence-electron chi connectivity index (χ3n) is 3.24. The van der Waals surface area contributed by atoms with Crippen molar-refractivity contribution in [2.24, 2.45) is 5.92 Å². The van der Waals surface area contributed by atoms with Gasteiger partial charge in [-0.15, -0.1) is 0 Å². The van der Waals surface area contributed by atoms with E-state index in [1.807, 2.05) is 0 Å². The Kier molecular flexibility index (Phi) is 2.38. The first-order valence-corrected chi connectivity index (χ1v) is 4.68. The third-order valence-corrected chi connectivity index (χ3v) is 3.24. The SMILES string of the molecule is [B][C@@H]1O[C@]2(COC)CC[C@H]1C2OC. The molecule has 1 heterocycles. The van der Waals surface area contributed by atoms with Gasteiger partial charge in [-0.3, -0.25) is 0 Å². The Hall–Kier alpha value is -0.0551. The Morgan fingerprint density at radius 3 is 2.85 bits per heavy atom. The van der Waals surface area contributed by atoms with Crippen LogP contribution in [0.15, 0.2) is 0 Å². The van der Waals surface area contributed by atoms with Crippen molar-refractivity contribution in [3.63, 3.8) is 0 Å². The molecule has 0 amide bonds. The summed E-state index contributed by atoms with van der Waals surface area (Å²) < 4.78 is 16.3. The fourth-order valence-electron chi connectivity index (χ4n) is 2.74. The van der Waals surface area contributed by atoms with Crippen LogP contribution >= 0.6 is 0 Å². The van der Waals surface area contributed by atoms with Gasteiger partial charge in [0.2, 0.25) is 0 Å². The Balaban J connectivity index is 2.17. The number of ether oxygens (including phenoxy) is 3. The molecule has 1 aliphatic carbocycles. The largest absolute Gasteiger partial charge is 0.382 e. The molecular formula is C9H15BO3. The van der Waals surface area contributed by atoms with E-state index >= 15 is 0 Å². The van der Waals surface area contributed by atoms with Crippen LogP contribution in [0.25, 0.3) is 0 Å². The molecular weight excluding hydrogens is 167 g/mol. The fourth-order valence-corrected chi connectivity index (χ4v) is 2.74. The number of hydrogen-bond donors (Lipinski definition) is 0. The molecule has 13 heavy (non-hydrogen) atoms. The van der Waals surface area contributed by atoms with Crippen molar-refractivity contribution in [2.75, 3.05) is 20.8 Å². The average Bonchev–Trinajstić information content (AvgIpc) is 2.55. The molecule has 72 valence electrons. The number of fused-ring (bicyclic) bond motifs is 2. The lowest BCUT2D eigenvalue weighted by Crippen LogP contribution is -2.42. The van der Waals surface area contributed by atoms with Gasteiger partial charge >= 0.3 is 0 Å². The zero-order valence-corrected chi connectivity index (χ0v) is 8.16. The Labute approximate surface area is 80.1 Å². The lowest BCUT2D eigenvalue weighted by Gasteiger charge is -2.30. The van der Waals surface area contributed by atoms with Crippen LogP contribution in [0.3, 0.4) is 0 Å². The molecule has 0 N–H and O–H groups in total. The van der Waals surface area contributed by atoms with Crippen molar-refractivity contribution in [3.05, 3.63) is 0 Å². The molecule has 0 aromatic carbocycles. The normalized spacial score (nSPS) is 48.6. The van der Waals surface area contributed by atoms with E-state index in [1.165, 1.54) is 0 Å². The minimum atomic E-state index is -0.270. The highest BCUT2D eigenvalue weighted by molar-refractivity contribution is 6.11. The van der Waals surface area contributed by atoms with Crippen LogP contribution < -0.4 is 0 Å². The lowest BCUT2D eigenvalue weighted by atomic mass is 9.85. The van der Waals surface area contributed by atoms with E-state index in [0.29, 0.717) is 12.5 Å². The van der Waals surface area contributed by atoms with Crippen LogP contribution in [0.5, 0.6) is 0 Å². The second-order valence-corrected chi connectivity index (χ2v) is 3.94. The maximum atomic E-state index is 5.84. The number of hydrogen-bond acceptors (Lipinski definition) is 3. The van der Waals surface area contributed by atoms with Crippen LogP contribution in [-0.2, 0) is 14.2 Å². The lowest BCUT2D eigenvalue weighted by molar-refractivity contribution is -0.114. The first kappa shape index (κ1) is 9.50. The Bertz CT molecular complexity index is 199. The average molecular weight is 182 g/mol. The molecule has 1 unspecified atom stereocenters. The topological polar surface area (TPSA) is 27.7 Å². The van der Waals surface area contributed by atoms with E-state index in [9.17, 15) is 0 Å². The van der Waals surface area contributed by atoms with Gasteiger partial charge in [-0.05, 0) is 12.8 Å². The summed E-state index contributed by atoms with van der Waals surface area (Å²) in [6.45, 7) is 0.579.